The van der Waals surface area contributed by atoms with Crippen LogP contribution in [0.25, 0.3) is 0 Å². The van der Waals surface area contributed by atoms with Crippen molar-refractivity contribution < 1.29 is 17.6 Å². The van der Waals surface area contributed by atoms with Crippen LogP contribution in [0.5, 0.6) is 0 Å². The maximum absolute atomic E-state index is 12.5. The highest BCUT2D eigenvalue weighted by Gasteiger charge is 2.41. The Labute approximate surface area is 77.5 Å². The van der Waals surface area contributed by atoms with Gasteiger partial charge in [-0.3, -0.25) is 4.68 Å². The van der Waals surface area contributed by atoms with Crippen molar-refractivity contribution in [2.45, 2.75) is 25.8 Å². The van der Waals surface area contributed by atoms with E-state index in [1.54, 1.807) is 6.92 Å². The molecule has 7 heteroatoms. The molecule has 0 bridgehead atoms. The number of aromatic nitrogens is 2. The topological polar surface area (TPSA) is 43.8 Å². The minimum atomic E-state index is -4.08. The standard InChI is InChI=1S/C7H9F4N3/c1-4-2-14(13-5(4)12)3-7(10,11)6(8)9/h2,6H,3H2,1H3,(H2,12,13). The summed E-state index contributed by atoms with van der Waals surface area (Å²) < 4.78 is 49.3. The van der Waals surface area contributed by atoms with E-state index in [-0.39, 0.29) is 5.82 Å². The van der Waals surface area contributed by atoms with E-state index in [0.717, 1.165) is 4.68 Å². The molecule has 3 nitrogen and oxygen atoms in total. The fraction of sp³-hybridized carbons (Fsp3) is 0.571. The van der Waals surface area contributed by atoms with Crippen LogP contribution < -0.4 is 5.73 Å². The lowest BCUT2D eigenvalue weighted by Crippen LogP contribution is -2.32. The molecular weight excluding hydrogens is 202 g/mol. The highest BCUT2D eigenvalue weighted by Crippen LogP contribution is 2.25. The van der Waals surface area contributed by atoms with Crippen LogP contribution in [0, 0.1) is 6.92 Å². The molecular formula is C7H9F4N3. The normalized spacial score (nSPS) is 12.4. The summed E-state index contributed by atoms with van der Waals surface area (Å²) in [6.07, 6.45) is -2.50. The number of halogens is 4. The Balaban J connectivity index is 2.78. The van der Waals surface area contributed by atoms with Crippen LogP contribution in [-0.2, 0) is 6.54 Å². The number of rotatable bonds is 3. The Kier molecular flexibility index (Phi) is 2.68. The van der Waals surface area contributed by atoms with Crippen molar-refractivity contribution in [2.75, 3.05) is 5.73 Å². The summed E-state index contributed by atoms with van der Waals surface area (Å²) >= 11 is 0. The van der Waals surface area contributed by atoms with E-state index in [0.29, 0.717) is 5.56 Å². The van der Waals surface area contributed by atoms with Crippen LogP contribution in [0.4, 0.5) is 23.4 Å². The second-order valence-electron chi connectivity index (χ2n) is 2.96. The number of alkyl halides is 4. The SMILES string of the molecule is Cc1cn(CC(F)(F)C(F)F)nc1N. The third-order valence-electron chi connectivity index (χ3n) is 1.67. The monoisotopic (exact) mass is 211 g/mol. The second-order valence-corrected chi connectivity index (χ2v) is 2.96. The highest BCUT2D eigenvalue weighted by molar-refractivity contribution is 5.35. The zero-order chi connectivity index (χ0) is 10.9. The number of hydrogen-bond acceptors (Lipinski definition) is 2. The first-order valence-corrected chi connectivity index (χ1v) is 3.78. The van der Waals surface area contributed by atoms with E-state index in [1.807, 2.05) is 0 Å². The minimum absolute atomic E-state index is 0.0649. The molecule has 2 N–H and O–H groups in total. The van der Waals surface area contributed by atoms with E-state index in [2.05, 4.69) is 5.10 Å². The molecule has 0 aromatic carbocycles. The molecule has 1 heterocycles. The first-order chi connectivity index (χ1) is 6.33. The predicted octanol–water partition coefficient (Wildman–Crippen LogP) is 1.67. The Morgan fingerprint density at radius 3 is 2.50 bits per heavy atom. The van der Waals surface area contributed by atoms with Crippen molar-refractivity contribution in [3.8, 4) is 0 Å². The number of nitrogens with zero attached hydrogens (tertiary/aromatic N) is 2. The maximum atomic E-state index is 12.5. The first kappa shape index (κ1) is 10.8. The quantitative estimate of drug-likeness (QED) is 0.773. The van der Waals surface area contributed by atoms with Crippen LogP contribution in [0.1, 0.15) is 5.56 Å². The van der Waals surface area contributed by atoms with Crippen molar-refractivity contribution in [3.05, 3.63) is 11.8 Å². The average molecular weight is 211 g/mol. The average Bonchev–Trinajstić information content (AvgIpc) is 2.29. The zero-order valence-corrected chi connectivity index (χ0v) is 7.35. The summed E-state index contributed by atoms with van der Waals surface area (Å²) in [5.74, 6) is -4.01. The van der Waals surface area contributed by atoms with E-state index < -0.39 is 18.9 Å². The molecule has 0 spiro atoms. The Hall–Kier alpha value is -1.27. The zero-order valence-electron chi connectivity index (χ0n) is 7.35. The molecule has 0 radical (unpaired) electrons. The predicted molar refractivity (Wildman–Crippen MR) is 42.3 cm³/mol. The van der Waals surface area contributed by atoms with Gasteiger partial charge in [0.15, 0.2) is 0 Å². The number of anilines is 1. The van der Waals surface area contributed by atoms with Gasteiger partial charge in [0.25, 0.3) is 0 Å². The number of nitrogens with two attached hydrogens (primary N) is 1. The molecule has 0 fully saturated rings. The lowest BCUT2D eigenvalue weighted by molar-refractivity contribution is -0.139. The smallest absolute Gasteiger partial charge is 0.326 e. The highest BCUT2D eigenvalue weighted by atomic mass is 19.3. The third kappa shape index (κ3) is 2.15. The van der Waals surface area contributed by atoms with Crippen LogP contribution in [-0.4, -0.2) is 22.1 Å². The summed E-state index contributed by atoms with van der Waals surface area (Å²) in [7, 11) is 0. The third-order valence-corrected chi connectivity index (χ3v) is 1.67. The summed E-state index contributed by atoms with van der Waals surface area (Å²) in [6, 6.07) is 0. The lowest BCUT2D eigenvalue weighted by atomic mass is 10.3. The first-order valence-electron chi connectivity index (χ1n) is 3.78. The van der Waals surface area contributed by atoms with Gasteiger partial charge in [-0.2, -0.15) is 13.9 Å². The summed E-state index contributed by atoms with van der Waals surface area (Å²) in [5.41, 5.74) is 5.75. The Bertz CT molecular complexity index is 301. The van der Waals surface area contributed by atoms with Gasteiger partial charge in [0.05, 0.1) is 0 Å². The molecule has 0 aliphatic carbocycles. The molecule has 80 valence electrons. The maximum Gasteiger partial charge on any atom is 0.326 e. The Morgan fingerprint density at radius 2 is 2.14 bits per heavy atom. The van der Waals surface area contributed by atoms with Crippen LogP contribution in [0.15, 0.2) is 6.20 Å². The van der Waals surface area contributed by atoms with Gasteiger partial charge in [0, 0.05) is 11.8 Å². The van der Waals surface area contributed by atoms with Crippen molar-refractivity contribution in [1.82, 2.24) is 9.78 Å². The van der Waals surface area contributed by atoms with Gasteiger partial charge in [-0.25, -0.2) is 8.78 Å². The molecule has 0 atom stereocenters. The molecule has 0 saturated heterocycles. The van der Waals surface area contributed by atoms with Crippen molar-refractivity contribution >= 4 is 5.82 Å². The second kappa shape index (κ2) is 3.47. The molecule has 1 aromatic rings. The van der Waals surface area contributed by atoms with Crippen molar-refractivity contribution in [2.24, 2.45) is 0 Å². The lowest BCUT2D eigenvalue weighted by Gasteiger charge is -2.14. The van der Waals surface area contributed by atoms with E-state index in [4.69, 9.17) is 5.73 Å². The molecule has 0 aliphatic heterocycles. The Morgan fingerprint density at radius 1 is 1.57 bits per heavy atom. The molecule has 1 aromatic heterocycles. The van der Waals surface area contributed by atoms with Crippen molar-refractivity contribution in [3.63, 3.8) is 0 Å². The number of nitrogen functional groups attached to an aromatic ring is 1. The van der Waals surface area contributed by atoms with E-state index in [1.165, 1.54) is 6.20 Å². The molecule has 14 heavy (non-hydrogen) atoms. The van der Waals surface area contributed by atoms with Gasteiger partial charge in [-0.15, -0.1) is 0 Å². The molecule has 1 rings (SSSR count). The fourth-order valence-corrected chi connectivity index (χ4v) is 0.902. The van der Waals surface area contributed by atoms with Crippen LogP contribution >= 0.6 is 0 Å². The van der Waals surface area contributed by atoms with Gasteiger partial charge in [-0.1, -0.05) is 0 Å². The van der Waals surface area contributed by atoms with Gasteiger partial charge in [-0.05, 0) is 6.92 Å². The van der Waals surface area contributed by atoms with Gasteiger partial charge >= 0.3 is 12.3 Å². The molecule has 0 saturated carbocycles. The van der Waals surface area contributed by atoms with Crippen LogP contribution in [0.2, 0.25) is 0 Å². The van der Waals surface area contributed by atoms with Crippen LogP contribution in [0.3, 0.4) is 0 Å². The summed E-state index contributed by atoms with van der Waals surface area (Å²) in [4.78, 5) is 0. The summed E-state index contributed by atoms with van der Waals surface area (Å²) in [6.45, 7) is 0.391. The van der Waals surface area contributed by atoms with E-state index >= 15 is 0 Å². The largest absolute Gasteiger partial charge is 0.382 e. The number of aryl methyl sites for hydroxylation is 1. The summed E-state index contributed by atoms with van der Waals surface area (Å²) in [5, 5.41) is 3.46. The van der Waals surface area contributed by atoms with E-state index in [9.17, 15) is 17.6 Å². The molecule has 0 unspecified atom stereocenters. The number of hydrogen-bond donors (Lipinski definition) is 1. The van der Waals surface area contributed by atoms with Gasteiger partial charge < -0.3 is 5.73 Å². The molecule has 0 amide bonds. The minimum Gasteiger partial charge on any atom is -0.382 e. The fourth-order valence-electron chi connectivity index (χ4n) is 0.902. The van der Waals surface area contributed by atoms with Gasteiger partial charge in [0.2, 0.25) is 0 Å². The van der Waals surface area contributed by atoms with Crippen molar-refractivity contribution in [1.29, 1.82) is 0 Å². The van der Waals surface area contributed by atoms with Gasteiger partial charge in [0.1, 0.15) is 12.4 Å². The molecule has 0 aliphatic rings.